The molecule has 23 heavy (non-hydrogen) atoms. The maximum atomic E-state index is 12.7. The molecule has 3 rings (SSSR count). The van der Waals surface area contributed by atoms with E-state index in [-0.39, 0.29) is 18.5 Å². The lowest BCUT2D eigenvalue weighted by Gasteiger charge is -2.32. The Balaban J connectivity index is 2.05. The van der Waals surface area contributed by atoms with Gasteiger partial charge >= 0.3 is 12.0 Å². The summed E-state index contributed by atoms with van der Waals surface area (Å²) in [5, 5.41) is 0. The fourth-order valence-corrected chi connectivity index (χ4v) is 2.99. The Morgan fingerprint density at radius 2 is 2.22 bits per heavy atom. The van der Waals surface area contributed by atoms with Gasteiger partial charge in [-0.05, 0) is 6.92 Å². The molecule has 2 aliphatic heterocycles. The van der Waals surface area contributed by atoms with Gasteiger partial charge in [-0.25, -0.2) is 13.9 Å². The van der Waals surface area contributed by atoms with Crippen LogP contribution in [0, 0.1) is 6.92 Å². The Morgan fingerprint density at radius 3 is 2.87 bits per heavy atom. The molecule has 1 saturated heterocycles. The quantitative estimate of drug-likeness (QED) is 0.583. The number of methoxy groups -OCH3 is 1. The molecule has 0 saturated carbocycles. The van der Waals surface area contributed by atoms with Crippen LogP contribution in [0.2, 0.25) is 0 Å². The van der Waals surface area contributed by atoms with Gasteiger partial charge in [-0.15, -0.1) is 6.58 Å². The number of rotatable bonds is 5. The summed E-state index contributed by atoms with van der Waals surface area (Å²) < 4.78 is 8.93. The smallest absolute Gasteiger partial charge is 0.381 e. The van der Waals surface area contributed by atoms with E-state index < -0.39 is 6.04 Å². The number of hydrogen-bond donors (Lipinski definition) is 0. The summed E-state index contributed by atoms with van der Waals surface area (Å²) in [5.74, 6) is 0.842. The first-order valence-electron chi connectivity index (χ1n) is 7.40. The van der Waals surface area contributed by atoms with Crippen molar-refractivity contribution in [3.05, 3.63) is 24.5 Å². The van der Waals surface area contributed by atoms with Gasteiger partial charge in [0.05, 0.1) is 13.2 Å². The average molecular weight is 318 g/mol. The van der Waals surface area contributed by atoms with Crippen LogP contribution in [0.3, 0.4) is 0 Å². The van der Waals surface area contributed by atoms with Crippen molar-refractivity contribution in [2.24, 2.45) is 4.99 Å². The molecule has 3 amide bonds. The number of likely N-dealkylation sites (N-methyl/N-ethyl adjacent to an activating group) is 1. The van der Waals surface area contributed by atoms with Gasteiger partial charge in [-0.2, -0.15) is 0 Å². The van der Waals surface area contributed by atoms with E-state index in [0.717, 1.165) is 5.69 Å². The molecule has 0 bridgehead atoms. The van der Waals surface area contributed by atoms with Crippen LogP contribution in [-0.2, 0) is 16.1 Å². The maximum absolute atomic E-state index is 12.7. The summed E-state index contributed by atoms with van der Waals surface area (Å²) in [7, 11) is 3.27. The van der Waals surface area contributed by atoms with Gasteiger partial charge in [0.1, 0.15) is 11.9 Å². The molecule has 0 N–H and O–H groups in total. The van der Waals surface area contributed by atoms with Crippen molar-refractivity contribution in [1.29, 1.82) is 0 Å². The Hall–Kier alpha value is -2.48. The molecule has 0 aromatic carbocycles. The summed E-state index contributed by atoms with van der Waals surface area (Å²) in [6.07, 6.45) is 3.43. The van der Waals surface area contributed by atoms with Crippen molar-refractivity contribution in [3.63, 3.8) is 0 Å². The first-order chi connectivity index (χ1) is 11.0. The fraction of sp³-hybridized carbons (Fsp3) is 0.467. The van der Waals surface area contributed by atoms with Gasteiger partial charge in [0.2, 0.25) is 11.9 Å². The van der Waals surface area contributed by atoms with Crippen molar-refractivity contribution in [2.75, 3.05) is 27.3 Å². The zero-order valence-electron chi connectivity index (χ0n) is 13.5. The largest absolute Gasteiger partial charge is 0.402 e. The zero-order chi connectivity index (χ0) is 16.7. The third-order valence-corrected chi connectivity index (χ3v) is 4.15. The van der Waals surface area contributed by atoms with Crippen LogP contribution < -0.4 is 4.57 Å². The number of carbonyl (C=O) groups is 2. The number of amidine groups is 1. The van der Waals surface area contributed by atoms with E-state index in [9.17, 15) is 9.59 Å². The second kappa shape index (κ2) is 5.62. The molecular weight excluding hydrogens is 298 g/mol. The van der Waals surface area contributed by atoms with Crippen molar-refractivity contribution < 1.29 is 18.9 Å². The molecular formula is C15H20N5O3+. The number of imidazole rings is 1. The van der Waals surface area contributed by atoms with Gasteiger partial charge in [0.15, 0.2) is 0 Å². The van der Waals surface area contributed by atoms with E-state index in [2.05, 4.69) is 11.6 Å². The second-order valence-electron chi connectivity index (χ2n) is 5.57. The number of fused-ring (bicyclic) bond motifs is 3. The monoisotopic (exact) mass is 318 g/mol. The second-order valence-corrected chi connectivity index (χ2v) is 5.57. The normalized spacial score (nSPS) is 19.8. The molecule has 122 valence electrons. The third-order valence-electron chi connectivity index (χ3n) is 4.15. The summed E-state index contributed by atoms with van der Waals surface area (Å²) in [5.41, 5.74) is 0.988. The van der Waals surface area contributed by atoms with Crippen molar-refractivity contribution in [1.82, 2.24) is 14.4 Å². The number of hydrogen-bond acceptors (Lipinski definition) is 4. The number of amides is 3. The van der Waals surface area contributed by atoms with Crippen LogP contribution in [-0.4, -0.2) is 59.4 Å². The van der Waals surface area contributed by atoms with Crippen LogP contribution in [0.15, 0.2) is 23.8 Å². The highest BCUT2D eigenvalue weighted by atomic mass is 16.5. The lowest BCUT2D eigenvalue weighted by atomic mass is 10.1. The van der Waals surface area contributed by atoms with Gasteiger partial charge in [-0.3, -0.25) is 14.6 Å². The van der Waals surface area contributed by atoms with E-state index in [1.807, 2.05) is 22.3 Å². The minimum absolute atomic E-state index is 0.186. The van der Waals surface area contributed by atoms with E-state index in [1.165, 1.54) is 9.80 Å². The van der Waals surface area contributed by atoms with Crippen LogP contribution in [0.5, 0.6) is 0 Å². The van der Waals surface area contributed by atoms with Gasteiger partial charge in [0.25, 0.3) is 5.91 Å². The lowest BCUT2D eigenvalue weighted by molar-refractivity contribution is -0.677. The minimum Gasteiger partial charge on any atom is -0.381 e. The number of aliphatic imine (C=N–C) groups is 1. The molecule has 0 aliphatic carbocycles. The first kappa shape index (κ1) is 15.4. The maximum Gasteiger partial charge on any atom is 0.402 e. The Kier molecular flexibility index (Phi) is 3.77. The predicted octanol–water partition coefficient (Wildman–Crippen LogP) is 0.395. The van der Waals surface area contributed by atoms with Crippen LogP contribution in [0.25, 0.3) is 0 Å². The number of ether oxygens (including phenoxy) is 1. The molecule has 1 fully saturated rings. The highest BCUT2D eigenvalue weighted by molar-refractivity contribution is 6.19. The Labute approximate surface area is 134 Å². The van der Waals surface area contributed by atoms with Crippen molar-refractivity contribution >= 4 is 23.7 Å². The summed E-state index contributed by atoms with van der Waals surface area (Å²) in [6.45, 7) is 6.93. The number of aryl methyl sites for hydroxylation is 1. The lowest BCUT2D eigenvalue weighted by Crippen LogP contribution is -2.62. The Bertz CT molecular complexity index is 721. The fourth-order valence-electron chi connectivity index (χ4n) is 2.99. The van der Waals surface area contributed by atoms with E-state index >= 15 is 0 Å². The number of urea groups is 1. The SMILES string of the molecule is C=CCN1C(=O)C2C(=Nc3n(CCOC)c(C)c[n+]32)N(C)C1=O. The topological polar surface area (TPSA) is 71.0 Å². The van der Waals surface area contributed by atoms with E-state index in [1.54, 1.807) is 20.2 Å². The first-order valence-corrected chi connectivity index (χ1v) is 7.40. The zero-order valence-corrected chi connectivity index (χ0v) is 13.5. The molecule has 0 spiro atoms. The molecule has 8 heteroatoms. The van der Waals surface area contributed by atoms with Gasteiger partial charge in [0, 0.05) is 20.7 Å². The van der Waals surface area contributed by atoms with Crippen molar-refractivity contribution in [2.45, 2.75) is 19.5 Å². The molecule has 1 unspecified atom stereocenters. The highest BCUT2D eigenvalue weighted by Crippen LogP contribution is 2.28. The summed E-state index contributed by atoms with van der Waals surface area (Å²) >= 11 is 0. The summed E-state index contributed by atoms with van der Waals surface area (Å²) in [6, 6.07) is -0.981. The van der Waals surface area contributed by atoms with Gasteiger partial charge < -0.3 is 4.74 Å². The van der Waals surface area contributed by atoms with E-state index in [0.29, 0.717) is 24.9 Å². The summed E-state index contributed by atoms with van der Waals surface area (Å²) in [4.78, 5) is 32.2. The third kappa shape index (κ3) is 2.17. The van der Waals surface area contributed by atoms with Crippen LogP contribution in [0.1, 0.15) is 11.7 Å². The minimum atomic E-state index is -0.602. The molecule has 8 nitrogen and oxygen atoms in total. The molecule has 1 aromatic rings. The number of carbonyl (C=O) groups excluding carboxylic acids is 2. The molecule has 0 radical (unpaired) electrons. The van der Waals surface area contributed by atoms with E-state index in [4.69, 9.17) is 4.74 Å². The van der Waals surface area contributed by atoms with Gasteiger partial charge in [-0.1, -0.05) is 11.1 Å². The van der Waals surface area contributed by atoms with Crippen LogP contribution in [0.4, 0.5) is 10.7 Å². The molecule has 2 aliphatic rings. The van der Waals surface area contributed by atoms with Crippen molar-refractivity contribution in [3.8, 4) is 0 Å². The number of imide groups is 1. The average Bonchev–Trinajstić information content (AvgIpc) is 3.03. The van der Waals surface area contributed by atoms with Crippen LogP contribution >= 0.6 is 0 Å². The Morgan fingerprint density at radius 1 is 1.48 bits per heavy atom. The standard InChI is InChI=1S/C15H20N5O3/c1-5-6-19-13(21)11-12(17(3)15(19)22)16-14-18(7-8-23-4)10(2)9-20(11)14/h5,9,11H,1,6-8H2,2-4H3/q+1. The number of aromatic nitrogens is 2. The number of nitrogens with zero attached hydrogens (tertiary/aromatic N) is 5. The highest BCUT2D eigenvalue weighted by Gasteiger charge is 2.52. The molecule has 3 heterocycles. The predicted molar refractivity (Wildman–Crippen MR) is 82.4 cm³/mol. The molecule has 1 aromatic heterocycles. The molecule has 1 atom stereocenters.